The third-order valence-electron chi connectivity index (χ3n) is 1.73. The van der Waals surface area contributed by atoms with Crippen LogP contribution in [0, 0.1) is 0 Å². The van der Waals surface area contributed by atoms with E-state index in [0.717, 1.165) is 0 Å². The molecule has 0 bridgehead atoms. The highest BCUT2D eigenvalue weighted by molar-refractivity contribution is 6.39. The topological polar surface area (TPSA) is 56.0 Å². The Morgan fingerprint density at radius 1 is 1.27 bits per heavy atom. The monoisotopic (exact) mass is 242 g/mol. The Bertz CT molecular complexity index is 477. The molecule has 0 aliphatic heterocycles. The first-order chi connectivity index (χ1) is 7.20. The van der Waals surface area contributed by atoms with Crippen molar-refractivity contribution in [1.29, 1.82) is 0 Å². The minimum atomic E-state index is -0.435. The summed E-state index contributed by atoms with van der Waals surface area (Å²) in [5.74, 6) is -0.288. The second kappa shape index (κ2) is 4.00. The molecule has 0 spiro atoms. The van der Waals surface area contributed by atoms with Crippen LogP contribution in [0.25, 0.3) is 0 Å². The van der Waals surface area contributed by atoms with Gasteiger partial charge in [0.05, 0.1) is 6.26 Å². The van der Waals surface area contributed by atoms with E-state index in [0.29, 0.717) is 0 Å². The van der Waals surface area contributed by atoms with E-state index >= 15 is 0 Å². The predicted molar refractivity (Wildman–Crippen MR) is 54.2 cm³/mol. The number of halogens is 2. The summed E-state index contributed by atoms with van der Waals surface area (Å²) in [6.45, 7) is 0. The second-order valence-corrected chi connectivity index (χ2v) is 3.35. The molecule has 0 unspecified atom stereocenters. The summed E-state index contributed by atoms with van der Waals surface area (Å²) in [6.07, 6.45) is 2.57. The maximum atomic E-state index is 11.8. The van der Waals surface area contributed by atoms with Gasteiger partial charge in [-0.2, -0.15) is 0 Å². The molecule has 0 aliphatic rings. The molecule has 2 heterocycles. The van der Waals surface area contributed by atoms with Crippen molar-refractivity contribution in [3.63, 3.8) is 0 Å². The third kappa shape index (κ3) is 1.86. The van der Waals surface area contributed by atoms with E-state index in [1.165, 1.54) is 18.7 Å². The van der Waals surface area contributed by atoms with E-state index in [4.69, 9.17) is 27.6 Å². The van der Waals surface area contributed by atoms with Gasteiger partial charge < -0.3 is 4.42 Å². The Morgan fingerprint density at radius 2 is 1.93 bits per heavy atom. The summed E-state index contributed by atoms with van der Waals surface area (Å²) in [7, 11) is 0. The fourth-order valence-corrected chi connectivity index (χ4v) is 1.55. The van der Waals surface area contributed by atoms with Crippen molar-refractivity contribution in [2.45, 2.75) is 0 Å². The first-order valence-corrected chi connectivity index (χ1v) is 4.70. The van der Waals surface area contributed by atoms with E-state index in [-0.39, 0.29) is 21.6 Å². The molecule has 0 atom stereocenters. The van der Waals surface area contributed by atoms with Crippen molar-refractivity contribution >= 4 is 29.0 Å². The van der Waals surface area contributed by atoms with Crippen LogP contribution in [-0.4, -0.2) is 15.8 Å². The summed E-state index contributed by atoms with van der Waals surface area (Å²) in [5.41, 5.74) is 0.0517. The average Bonchev–Trinajstić information content (AvgIpc) is 2.69. The van der Waals surface area contributed by atoms with Gasteiger partial charge in [-0.15, -0.1) is 0 Å². The zero-order valence-electron chi connectivity index (χ0n) is 7.28. The van der Waals surface area contributed by atoms with E-state index in [2.05, 4.69) is 9.97 Å². The largest absolute Gasteiger partial charge is 0.461 e. The predicted octanol–water partition coefficient (Wildman–Crippen LogP) is 2.61. The molecule has 76 valence electrons. The summed E-state index contributed by atoms with van der Waals surface area (Å²) >= 11 is 11.5. The van der Waals surface area contributed by atoms with E-state index in [1.54, 1.807) is 6.07 Å². The van der Waals surface area contributed by atoms with E-state index < -0.39 is 5.78 Å². The van der Waals surface area contributed by atoms with Gasteiger partial charge in [0.1, 0.15) is 22.2 Å². The van der Waals surface area contributed by atoms with Crippen LogP contribution in [0.1, 0.15) is 16.1 Å². The summed E-state index contributed by atoms with van der Waals surface area (Å²) in [6, 6.07) is 3.11. The van der Waals surface area contributed by atoms with Gasteiger partial charge in [0.2, 0.25) is 5.78 Å². The minimum absolute atomic E-state index is 0.0106. The molecule has 0 aromatic carbocycles. The van der Waals surface area contributed by atoms with Gasteiger partial charge in [-0.3, -0.25) is 4.79 Å². The number of carbonyl (C=O) groups excluding carboxylic acids is 1. The number of hydrogen-bond acceptors (Lipinski definition) is 4. The Kier molecular flexibility index (Phi) is 2.70. The molecule has 6 heteroatoms. The SMILES string of the molecule is O=C(c1ccco1)c1c(Cl)ncnc1Cl. The highest BCUT2D eigenvalue weighted by Gasteiger charge is 2.20. The molecule has 4 nitrogen and oxygen atoms in total. The third-order valence-corrected chi connectivity index (χ3v) is 2.30. The lowest BCUT2D eigenvalue weighted by molar-refractivity contribution is 0.101. The lowest BCUT2D eigenvalue weighted by Crippen LogP contribution is -2.04. The van der Waals surface area contributed by atoms with Crippen LogP contribution in [0.15, 0.2) is 29.1 Å². The number of rotatable bonds is 2. The zero-order chi connectivity index (χ0) is 10.8. The first kappa shape index (κ1) is 10.1. The second-order valence-electron chi connectivity index (χ2n) is 2.64. The Hall–Kier alpha value is -1.39. The molecule has 0 N–H and O–H groups in total. The van der Waals surface area contributed by atoms with Crippen LogP contribution in [0.2, 0.25) is 10.3 Å². The maximum absolute atomic E-state index is 11.8. The maximum Gasteiger partial charge on any atom is 0.234 e. The van der Waals surface area contributed by atoms with E-state index in [1.807, 2.05) is 0 Å². The molecule has 0 saturated heterocycles. The highest BCUT2D eigenvalue weighted by Crippen LogP contribution is 2.23. The molecule has 0 aliphatic carbocycles. The van der Waals surface area contributed by atoms with Crippen molar-refractivity contribution in [3.8, 4) is 0 Å². The van der Waals surface area contributed by atoms with Gasteiger partial charge >= 0.3 is 0 Å². The number of ketones is 1. The van der Waals surface area contributed by atoms with Crippen molar-refractivity contribution in [2.75, 3.05) is 0 Å². The van der Waals surface area contributed by atoms with Crippen LogP contribution in [0.5, 0.6) is 0 Å². The highest BCUT2D eigenvalue weighted by atomic mass is 35.5. The number of aromatic nitrogens is 2. The molecular formula is C9H4Cl2N2O2. The summed E-state index contributed by atoms with van der Waals surface area (Å²) < 4.78 is 4.94. The Balaban J connectivity index is 2.51. The number of carbonyl (C=O) groups is 1. The van der Waals surface area contributed by atoms with Crippen LogP contribution >= 0.6 is 23.2 Å². The van der Waals surface area contributed by atoms with Crippen molar-refractivity contribution < 1.29 is 9.21 Å². The van der Waals surface area contributed by atoms with Gasteiger partial charge in [-0.1, -0.05) is 23.2 Å². The molecule has 2 rings (SSSR count). The smallest absolute Gasteiger partial charge is 0.234 e. The van der Waals surface area contributed by atoms with Crippen molar-refractivity contribution in [3.05, 3.63) is 46.4 Å². The Labute approximate surface area is 94.9 Å². The van der Waals surface area contributed by atoms with Gasteiger partial charge in [0, 0.05) is 0 Å². The lowest BCUT2D eigenvalue weighted by Gasteiger charge is -2.01. The molecule has 0 fully saturated rings. The lowest BCUT2D eigenvalue weighted by atomic mass is 10.2. The van der Waals surface area contributed by atoms with E-state index in [9.17, 15) is 4.79 Å². The van der Waals surface area contributed by atoms with Gasteiger partial charge in [-0.25, -0.2) is 9.97 Å². The number of hydrogen-bond donors (Lipinski definition) is 0. The standard InChI is InChI=1S/C9H4Cl2N2O2/c10-8-6(9(11)13-4-12-8)7(14)5-2-1-3-15-5/h1-4H. The zero-order valence-corrected chi connectivity index (χ0v) is 8.79. The summed E-state index contributed by atoms with van der Waals surface area (Å²) in [4.78, 5) is 19.2. The molecule has 0 amide bonds. The van der Waals surface area contributed by atoms with Crippen LogP contribution in [0.4, 0.5) is 0 Å². The van der Waals surface area contributed by atoms with Crippen LogP contribution in [-0.2, 0) is 0 Å². The number of furan rings is 1. The van der Waals surface area contributed by atoms with Crippen molar-refractivity contribution in [1.82, 2.24) is 9.97 Å². The molecule has 2 aromatic heterocycles. The number of nitrogens with zero attached hydrogens (tertiary/aromatic N) is 2. The normalized spacial score (nSPS) is 10.3. The average molecular weight is 243 g/mol. The van der Waals surface area contributed by atoms with Crippen LogP contribution < -0.4 is 0 Å². The quantitative estimate of drug-likeness (QED) is 0.600. The van der Waals surface area contributed by atoms with Gasteiger partial charge in [-0.05, 0) is 12.1 Å². The fourth-order valence-electron chi connectivity index (χ4n) is 1.06. The molecule has 0 saturated carbocycles. The van der Waals surface area contributed by atoms with Crippen LogP contribution in [0.3, 0.4) is 0 Å². The molecule has 15 heavy (non-hydrogen) atoms. The molecule has 0 radical (unpaired) electrons. The summed E-state index contributed by atoms with van der Waals surface area (Å²) in [5, 5.41) is 0.0211. The molecular weight excluding hydrogens is 239 g/mol. The first-order valence-electron chi connectivity index (χ1n) is 3.94. The van der Waals surface area contributed by atoms with Crippen molar-refractivity contribution in [2.24, 2.45) is 0 Å². The Morgan fingerprint density at radius 3 is 2.47 bits per heavy atom. The fraction of sp³-hybridized carbons (Fsp3) is 0. The van der Waals surface area contributed by atoms with Gasteiger partial charge in [0.25, 0.3) is 0 Å². The minimum Gasteiger partial charge on any atom is -0.461 e. The molecule has 2 aromatic rings. The van der Waals surface area contributed by atoms with Gasteiger partial charge in [0.15, 0.2) is 5.76 Å².